The molecule has 1 aliphatic heterocycles. The third kappa shape index (κ3) is 4.78. The monoisotopic (exact) mass is 406 g/mol. The van der Waals surface area contributed by atoms with Gasteiger partial charge in [0.1, 0.15) is 0 Å². The summed E-state index contributed by atoms with van der Waals surface area (Å²) in [5.74, 6) is -1.92. The molecule has 0 radical (unpaired) electrons. The molecule has 2 aromatic carbocycles. The molecule has 1 atom stereocenters. The number of hydrogen-bond acceptors (Lipinski definition) is 4. The van der Waals surface area contributed by atoms with Crippen molar-refractivity contribution in [1.29, 1.82) is 0 Å². The van der Waals surface area contributed by atoms with Crippen LogP contribution in [0.3, 0.4) is 0 Å². The van der Waals surface area contributed by atoms with Crippen molar-refractivity contribution in [2.45, 2.75) is 6.42 Å². The number of rotatable bonds is 5. The van der Waals surface area contributed by atoms with Crippen molar-refractivity contribution in [3.8, 4) is 0 Å². The largest absolute Gasteiger partial charge is 0.455 e. The van der Waals surface area contributed by atoms with Gasteiger partial charge in [0.25, 0.3) is 5.91 Å². The van der Waals surface area contributed by atoms with Crippen LogP contribution in [0.15, 0.2) is 48.5 Å². The zero-order valence-electron chi connectivity index (χ0n) is 14.2. The molecule has 1 N–H and O–H groups in total. The molecule has 1 aliphatic rings. The van der Waals surface area contributed by atoms with Gasteiger partial charge in [-0.15, -0.1) is 0 Å². The topological polar surface area (TPSA) is 75.7 Å². The van der Waals surface area contributed by atoms with Crippen molar-refractivity contribution in [3.05, 3.63) is 58.6 Å². The number of amides is 2. The van der Waals surface area contributed by atoms with Gasteiger partial charge in [0.05, 0.1) is 16.6 Å². The first-order valence-electron chi connectivity index (χ1n) is 8.21. The highest BCUT2D eigenvalue weighted by Crippen LogP contribution is 2.31. The van der Waals surface area contributed by atoms with E-state index < -0.39 is 24.4 Å². The van der Waals surface area contributed by atoms with E-state index >= 15 is 0 Å². The van der Waals surface area contributed by atoms with Gasteiger partial charge in [-0.3, -0.25) is 14.4 Å². The normalized spacial score (nSPS) is 16.3. The maximum atomic E-state index is 12.2. The SMILES string of the molecule is O=C(COC(=O)[C@H]1CC(=O)N(c2ccccc2Cl)C1)Nc1ccc(Cl)cc1. The average molecular weight is 407 g/mol. The molecule has 0 spiro atoms. The number of para-hydroxylation sites is 1. The second-order valence-corrected chi connectivity index (χ2v) is 6.86. The number of carbonyl (C=O) groups is 3. The number of carbonyl (C=O) groups excluding carboxylic acids is 3. The van der Waals surface area contributed by atoms with Crippen molar-refractivity contribution >= 4 is 52.4 Å². The van der Waals surface area contributed by atoms with Crippen LogP contribution in [0.25, 0.3) is 0 Å². The van der Waals surface area contributed by atoms with Crippen LogP contribution in [-0.2, 0) is 19.1 Å². The molecule has 1 saturated heterocycles. The summed E-state index contributed by atoms with van der Waals surface area (Å²) in [7, 11) is 0. The number of halogens is 2. The van der Waals surface area contributed by atoms with E-state index in [2.05, 4.69) is 5.32 Å². The fraction of sp³-hybridized carbons (Fsp3) is 0.211. The van der Waals surface area contributed by atoms with Gasteiger partial charge in [-0.1, -0.05) is 35.3 Å². The van der Waals surface area contributed by atoms with Crippen LogP contribution in [0.1, 0.15) is 6.42 Å². The zero-order chi connectivity index (χ0) is 19.4. The molecule has 6 nitrogen and oxygen atoms in total. The summed E-state index contributed by atoms with van der Waals surface area (Å²) in [6, 6.07) is 13.5. The van der Waals surface area contributed by atoms with E-state index in [9.17, 15) is 14.4 Å². The molecule has 3 rings (SSSR count). The first kappa shape index (κ1) is 19.2. The smallest absolute Gasteiger partial charge is 0.311 e. The minimum Gasteiger partial charge on any atom is -0.455 e. The van der Waals surface area contributed by atoms with E-state index in [0.717, 1.165) is 0 Å². The van der Waals surface area contributed by atoms with Gasteiger partial charge in [0.2, 0.25) is 5.91 Å². The van der Waals surface area contributed by atoms with E-state index in [0.29, 0.717) is 21.4 Å². The third-order valence-electron chi connectivity index (χ3n) is 4.08. The highest BCUT2D eigenvalue weighted by Gasteiger charge is 2.37. The van der Waals surface area contributed by atoms with Crippen molar-refractivity contribution in [2.75, 3.05) is 23.4 Å². The molecule has 2 aromatic rings. The van der Waals surface area contributed by atoms with Gasteiger partial charge in [-0.2, -0.15) is 0 Å². The second-order valence-electron chi connectivity index (χ2n) is 6.02. The number of esters is 1. The van der Waals surface area contributed by atoms with E-state index in [4.69, 9.17) is 27.9 Å². The number of anilines is 2. The van der Waals surface area contributed by atoms with Gasteiger partial charge in [-0.05, 0) is 36.4 Å². The van der Waals surface area contributed by atoms with E-state index in [1.54, 1.807) is 48.5 Å². The summed E-state index contributed by atoms with van der Waals surface area (Å²) in [5, 5.41) is 3.58. The lowest BCUT2D eigenvalue weighted by atomic mass is 10.1. The van der Waals surface area contributed by atoms with Crippen molar-refractivity contribution in [3.63, 3.8) is 0 Å². The molecule has 1 heterocycles. The minimum absolute atomic E-state index is 0.0167. The van der Waals surface area contributed by atoms with Crippen LogP contribution >= 0.6 is 23.2 Å². The molecule has 8 heteroatoms. The molecule has 2 amide bonds. The maximum Gasteiger partial charge on any atom is 0.311 e. The molecule has 0 saturated carbocycles. The fourth-order valence-corrected chi connectivity index (χ4v) is 3.12. The van der Waals surface area contributed by atoms with Gasteiger partial charge in [0.15, 0.2) is 6.61 Å². The van der Waals surface area contributed by atoms with E-state index in [1.807, 2.05) is 0 Å². The Labute approximate surface area is 166 Å². The standard InChI is InChI=1S/C19H16Cl2N2O4/c20-13-5-7-14(8-6-13)22-17(24)11-27-19(26)12-9-18(25)23(10-12)16-4-2-1-3-15(16)21/h1-8,12H,9-11H2,(H,22,24)/t12-/m0/s1. The van der Waals surface area contributed by atoms with E-state index in [-0.39, 0.29) is 18.9 Å². The maximum absolute atomic E-state index is 12.2. The van der Waals surface area contributed by atoms with Crippen LogP contribution in [0.5, 0.6) is 0 Å². The Morgan fingerprint density at radius 1 is 1.11 bits per heavy atom. The van der Waals surface area contributed by atoms with Gasteiger partial charge >= 0.3 is 5.97 Å². The lowest BCUT2D eigenvalue weighted by Gasteiger charge is -2.17. The Bertz CT molecular complexity index is 870. The molecule has 0 aromatic heterocycles. The quantitative estimate of drug-likeness (QED) is 0.770. The first-order chi connectivity index (χ1) is 12.9. The first-order valence-corrected chi connectivity index (χ1v) is 8.96. The van der Waals surface area contributed by atoms with Crippen LogP contribution in [0.2, 0.25) is 10.0 Å². The number of nitrogens with zero attached hydrogens (tertiary/aromatic N) is 1. The second kappa shape index (κ2) is 8.41. The fourth-order valence-electron chi connectivity index (χ4n) is 2.75. The highest BCUT2D eigenvalue weighted by atomic mass is 35.5. The van der Waals surface area contributed by atoms with Crippen molar-refractivity contribution in [1.82, 2.24) is 0 Å². The van der Waals surface area contributed by atoms with Crippen LogP contribution in [-0.4, -0.2) is 30.9 Å². The number of nitrogens with one attached hydrogen (secondary N) is 1. The molecule has 140 valence electrons. The number of benzene rings is 2. The molecule has 0 aliphatic carbocycles. The summed E-state index contributed by atoms with van der Waals surface area (Å²) < 4.78 is 5.06. The molecule has 27 heavy (non-hydrogen) atoms. The molecule has 0 bridgehead atoms. The summed E-state index contributed by atoms with van der Waals surface area (Å²) >= 11 is 11.9. The van der Waals surface area contributed by atoms with E-state index in [1.165, 1.54) is 4.90 Å². The summed E-state index contributed by atoms with van der Waals surface area (Å²) in [4.78, 5) is 37.8. The Balaban J connectivity index is 1.53. The highest BCUT2D eigenvalue weighted by molar-refractivity contribution is 6.34. The molecule has 1 fully saturated rings. The van der Waals surface area contributed by atoms with Gasteiger partial charge < -0.3 is 15.0 Å². The van der Waals surface area contributed by atoms with Gasteiger partial charge in [0, 0.05) is 23.7 Å². The Morgan fingerprint density at radius 2 is 1.81 bits per heavy atom. The molecular formula is C19H16Cl2N2O4. The predicted octanol–water partition coefficient (Wildman–Crippen LogP) is 3.53. The molecule has 0 unspecified atom stereocenters. The Hall–Kier alpha value is -2.57. The van der Waals surface area contributed by atoms with Crippen molar-refractivity contribution < 1.29 is 19.1 Å². The lowest BCUT2D eigenvalue weighted by Crippen LogP contribution is -2.28. The van der Waals surface area contributed by atoms with Crippen molar-refractivity contribution in [2.24, 2.45) is 5.92 Å². The third-order valence-corrected chi connectivity index (χ3v) is 4.65. The lowest BCUT2D eigenvalue weighted by molar-refractivity contribution is -0.151. The zero-order valence-corrected chi connectivity index (χ0v) is 15.7. The van der Waals surface area contributed by atoms with Gasteiger partial charge in [-0.25, -0.2) is 0 Å². The van der Waals surface area contributed by atoms with Crippen LogP contribution in [0.4, 0.5) is 11.4 Å². The Morgan fingerprint density at radius 3 is 2.52 bits per heavy atom. The predicted molar refractivity (Wildman–Crippen MR) is 103 cm³/mol. The number of ether oxygens (including phenoxy) is 1. The van der Waals surface area contributed by atoms with Crippen LogP contribution < -0.4 is 10.2 Å². The Kier molecular flexibility index (Phi) is 5.98. The summed E-state index contributed by atoms with van der Waals surface area (Å²) in [6.45, 7) is -0.265. The minimum atomic E-state index is -0.642. The summed E-state index contributed by atoms with van der Waals surface area (Å²) in [6.07, 6.45) is 0.0167. The summed E-state index contributed by atoms with van der Waals surface area (Å²) in [5.41, 5.74) is 1.10. The molecular weight excluding hydrogens is 391 g/mol. The number of hydrogen-bond donors (Lipinski definition) is 1. The van der Waals surface area contributed by atoms with Crippen LogP contribution in [0, 0.1) is 5.92 Å². The average Bonchev–Trinajstić information content (AvgIpc) is 3.04.